The van der Waals surface area contributed by atoms with Crippen molar-refractivity contribution in [1.82, 2.24) is 5.43 Å². The molecule has 0 radical (unpaired) electrons. The lowest BCUT2D eigenvalue weighted by Crippen LogP contribution is -2.30. The molecule has 0 aliphatic heterocycles. The van der Waals surface area contributed by atoms with Crippen molar-refractivity contribution in [3.8, 4) is 11.5 Å². The van der Waals surface area contributed by atoms with Gasteiger partial charge in [-0.3, -0.25) is 15.6 Å². The number of hydrogen-bond acceptors (Lipinski definition) is 4. The van der Waals surface area contributed by atoms with E-state index in [0.29, 0.717) is 12.4 Å². The van der Waals surface area contributed by atoms with Gasteiger partial charge in [0, 0.05) is 5.56 Å². The van der Waals surface area contributed by atoms with E-state index >= 15 is 0 Å². The second-order valence-electron chi connectivity index (χ2n) is 6.32. The van der Waals surface area contributed by atoms with Crippen LogP contribution in [0.25, 0.3) is 0 Å². The zero-order valence-electron chi connectivity index (χ0n) is 15.5. The molecular formula is C19H20ClF3N2O3. The van der Waals surface area contributed by atoms with Crippen LogP contribution in [-0.4, -0.2) is 19.6 Å². The Bertz CT molecular complexity index is 842. The number of amides is 1. The highest BCUT2D eigenvalue weighted by Gasteiger charge is 2.33. The second kappa shape index (κ2) is 9.05. The number of alkyl halides is 3. The number of ether oxygens (including phenoxy) is 2. The lowest BCUT2D eigenvalue weighted by molar-refractivity contribution is -0.137. The fraction of sp³-hybridized carbons (Fsp3) is 0.316. The number of carbonyl (C=O) groups excluding carboxylic acids is 1. The summed E-state index contributed by atoms with van der Waals surface area (Å²) in [6, 6.07) is 7.55. The maximum Gasteiger partial charge on any atom is 0.418 e. The Hall–Kier alpha value is -2.61. The number of halogens is 4. The number of para-hydroxylation sites is 1. The minimum Gasteiger partial charge on any atom is -0.493 e. The topological polar surface area (TPSA) is 59.6 Å². The Balaban J connectivity index is 2.18. The summed E-state index contributed by atoms with van der Waals surface area (Å²) in [5.74, 6) is 0.105. The second-order valence-corrected chi connectivity index (χ2v) is 6.72. The quantitative estimate of drug-likeness (QED) is 0.612. The van der Waals surface area contributed by atoms with Gasteiger partial charge in [-0.05, 0) is 30.2 Å². The largest absolute Gasteiger partial charge is 0.493 e. The van der Waals surface area contributed by atoms with Crippen molar-refractivity contribution < 1.29 is 27.4 Å². The van der Waals surface area contributed by atoms with Crippen LogP contribution in [0.1, 0.15) is 29.8 Å². The average molecular weight is 417 g/mol. The summed E-state index contributed by atoms with van der Waals surface area (Å²) in [5, 5.41) is 0.154. The summed E-state index contributed by atoms with van der Waals surface area (Å²) in [6.45, 7) is 4.33. The van der Waals surface area contributed by atoms with Crippen LogP contribution in [0.15, 0.2) is 36.4 Å². The number of nitrogens with one attached hydrogen (secondary N) is 2. The van der Waals surface area contributed by atoms with Crippen molar-refractivity contribution in [2.75, 3.05) is 19.1 Å². The summed E-state index contributed by atoms with van der Waals surface area (Å²) < 4.78 is 49.9. The summed E-state index contributed by atoms with van der Waals surface area (Å²) in [5.41, 5.74) is 3.44. The Morgan fingerprint density at radius 1 is 1.21 bits per heavy atom. The van der Waals surface area contributed by atoms with Crippen molar-refractivity contribution >= 4 is 23.2 Å². The maximum absolute atomic E-state index is 13.0. The highest BCUT2D eigenvalue weighted by atomic mass is 35.5. The molecule has 9 heteroatoms. The van der Waals surface area contributed by atoms with Gasteiger partial charge in [-0.2, -0.15) is 13.2 Å². The predicted octanol–water partition coefficient (Wildman–Crippen LogP) is 5.16. The first-order valence-corrected chi connectivity index (χ1v) is 8.74. The van der Waals surface area contributed by atoms with Gasteiger partial charge in [-0.25, -0.2) is 0 Å². The summed E-state index contributed by atoms with van der Waals surface area (Å²) >= 11 is 6.19. The van der Waals surface area contributed by atoms with Crippen LogP contribution < -0.4 is 20.3 Å². The third-order valence-corrected chi connectivity index (χ3v) is 3.88. The van der Waals surface area contributed by atoms with Crippen LogP contribution in [0.2, 0.25) is 5.02 Å². The number of rotatable bonds is 7. The van der Waals surface area contributed by atoms with Gasteiger partial charge < -0.3 is 9.47 Å². The third-order valence-electron chi connectivity index (χ3n) is 3.60. The van der Waals surface area contributed by atoms with Crippen LogP contribution in [0.5, 0.6) is 11.5 Å². The van der Waals surface area contributed by atoms with Crippen molar-refractivity contribution in [3.63, 3.8) is 0 Å². The molecule has 0 heterocycles. The zero-order chi connectivity index (χ0) is 20.9. The molecule has 152 valence electrons. The molecule has 0 aliphatic carbocycles. The Kier molecular flexibility index (Phi) is 7.01. The van der Waals surface area contributed by atoms with Gasteiger partial charge in [0.05, 0.1) is 30.0 Å². The lowest BCUT2D eigenvalue weighted by Gasteiger charge is -2.17. The van der Waals surface area contributed by atoms with Crippen LogP contribution in [0.3, 0.4) is 0 Å². The third kappa shape index (κ3) is 5.45. The van der Waals surface area contributed by atoms with E-state index in [0.717, 1.165) is 6.07 Å². The first-order valence-electron chi connectivity index (χ1n) is 8.36. The highest BCUT2D eigenvalue weighted by Crippen LogP contribution is 2.37. The molecule has 0 bridgehead atoms. The number of anilines is 1. The van der Waals surface area contributed by atoms with Gasteiger partial charge in [0.25, 0.3) is 5.91 Å². The van der Waals surface area contributed by atoms with E-state index < -0.39 is 17.6 Å². The first kappa shape index (κ1) is 21.7. The standard InChI is InChI=1S/C19H20ClF3N2O3/c1-11(2)10-28-17-14(20)8-12(9-16(17)27-3)18(26)25-24-15-7-5-4-6-13(15)19(21,22)23/h4-9,11,24H,10H2,1-3H3,(H,25,26). The highest BCUT2D eigenvalue weighted by molar-refractivity contribution is 6.32. The number of benzene rings is 2. The number of hydrazine groups is 1. The average Bonchev–Trinajstić information content (AvgIpc) is 2.63. The molecule has 0 atom stereocenters. The molecule has 0 saturated heterocycles. The molecule has 28 heavy (non-hydrogen) atoms. The van der Waals surface area contributed by atoms with E-state index in [-0.39, 0.29) is 27.9 Å². The smallest absolute Gasteiger partial charge is 0.418 e. The molecule has 2 rings (SSSR count). The van der Waals surface area contributed by atoms with Gasteiger partial charge in [-0.1, -0.05) is 37.6 Å². The molecule has 2 aromatic carbocycles. The van der Waals surface area contributed by atoms with Gasteiger partial charge in [0.15, 0.2) is 11.5 Å². The van der Waals surface area contributed by atoms with Gasteiger partial charge in [-0.15, -0.1) is 0 Å². The van der Waals surface area contributed by atoms with Crippen molar-refractivity contribution in [2.45, 2.75) is 20.0 Å². The fourth-order valence-electron chi connectivity index (χ4n) is 2.28. The number of carbonyl (C=O) groups is 1. The minimum absolute atomic E-state index is 0.0933. The molecule has 2 N–H and O–H groups in total. The molecule has 1 amide bonds. The summed E-state index contributed by atoms with van der Waals surface area (Å²) in [7, 11) is 1.40. The van der Waals surface area contributed by atoms with E-state index in [1.54, 1.807) is 0 Å². The molecule has 0 aromatic heterocycles. The molecule has 0 aliphatic rings. The molecule has 0 fully saturated rings. The summed E-state index contributed by atoms with van der Waals surface area (Å²) in [4.78, 5) is 12.4. The van der Waals surface area contributed by atoms with Gasteiger partial charge in [0.2, 0.25) is 0 Å². The number of methoxy groups -OCH3 is 1. The SMILES string of the molecule is COc1cc(C(=O)NNc2ccccc2C(F)(F)F)cc(Cl)c1OCC(C)C. The van der Waals surface area contributed by atoms with E-state index in [4.69, 9.17) is 21.1 Å². The first-order chi connectivity index (χ1) is 13.1. The molecule has 0 unspecified atom stereocenters. The molecule has 0 spiro atoms. The minimum atomic E-state index is -4.56. The Labute approximate surface area is 165 Å². The van der Waals surface area contributed by atoms with E-state index in [9.17, 15) is 18.0 Å². The van der Waals surface area contributed by atoms with Crippen LogP contribution >= 0.6 is 11.6 Å². The predicted molar refractivity (Wildman–Crippen MR) is 101 cm³/mol. The Morgan fingerprint density at radius 2 is 1.89 bits per heavy atom. The number of hydrogen-bond donors (Lipinski definition) is 2. The summed E-state index contributed by atoms with van der Waals surface area (Å²) in [6.07, 6.45) is -4.56. The molecule has 2 aromatic rings. The van der Waals surface area contributed by atoms with Crippen molar-refractivity contribution in [3.05, 3.63) is 52.5 Å². The van der Waals surface area contributed by atoms with Crippen molar-refractivity contribution in [1.29, 1.82) is 0 Å². The van der Waals surface area contributed by atoms with Gasteiger partial charge >= 0.3 is 6.18 Å². The van der Waals surface area contributed by atoms with Gasteiger partial charge in [0.1, 0.15) is 0 Å². The van der Waals surface area contributed by atoms with E-state index in [1.807, 2.05) is 13.8 Å². The van der Waals surface area contributed by atoms with Crippen LogP contribution in [-0.2, 0) is 6.18 Å². The maximum atomic E-state index is 13.0. The van der Waals surface area contributed by atoms with Crippen molar-refractivity contribution in [2.24, 2.45) is 5.92 Å². The lowest BCUT2D eigenvalue weighted by atomic mass is 10.1. The Morgan fingerprint density at radius 3 is 2.50 bits per heavy atom. The fourth-order valence-corrected chi connectivity index (χ4v) is 2.54. The molecule has 0 saturated carbocycles. The monoisotopic (exact) mass is 416 g/mol. The van der Waals surface area contributed by atoms with Crippen LogP contribution in [0, 0.1) is 5.92 Å². The molecule has 5 nitrogen and oxygen atoms in total. The zero-order valence-corrected chi connectivity index (χ0v) is 16.2. The normalized spacial score (nSPS) is 11.3. The van der Waals surface area contributed by atoms with Crippen LogP contribution in [0.4, 0.5) is 18.9 Å². The van der Waals surface area contributed by atoms with E-state index in [1.165, 1.54) is 37.4 Å². The molecular weight excluding hydrogens is 397 g/mol. The van der Waals surface area contributed by atoms with E-state index in [2.05, 4.69) is 10.9 Å².